The quantitative estimate of drug-likeness (QED) is 0.763. The lowest BCUT2D eigenvalue weighted by Gasteiger charge is -2.32. The highest BCUT2D eigenvalue weighted by atomic mass is 16.3. The molecule has 0 fully saturated rings. The molecule has 0 saturated heterocycles. The van der Waals surface area contributed by atoms with E-state index >= 15 is 0 Å². The van der Waals surface area contributed by atoms with E-state index in [9.17, 15) is 0 Å². The van der Waals surface area contributed by atoms with Gasteiger partial charge in [0.15, 0.2) is 0 Å². The van der Waals surface area contributed by atoms with Crippen LogP contribution in [0, 0.1) is 0 Å². The van der Waals surface area contributed by atoms with Crippen molar-refractivity contribution in [1.29, 1.82) is 0 Å². The van der Waals surface area contributed by atoms with E-state index < -0.39 is 0 Å². The normalized spacial score (nSPS) is 14.9. The lowest BCUT2D eigenvalue weighted by molar-refractivity contribution is 0.223. The van der Waals surface area contributed by atoms with Gasteiger partial charge in [0.25, 0.3) is 0 Å². The van der Waals surface area contributed by atoms with Crippen LogP contribution in [0.25, 0.3) is 0 Å². The minimum absolute atomic E-state index is 0.226. The number of aliphatic hydroxyl groups excluding tert-OH is 1. The highest BCUT2D eigenvalue weighted by molar-refractivity contribution is 5.61. The lowest BCUT2D eigenvalue weighted by Crippen LogP contribution is -2.37. The molecule has 1 aliphatic rings. The third-order valence-corrected chi connectivity index (χ3v) is 3.55. The van der Waals surface area contributed by atoms with E-state index in [2.05, 4.69) is 21.9 Å². The largest absolute Gasteiger partial charge is 0.399 e. The Hall–Kier alpha value is -1.26. The molecule has 1 aliphatic heterocycles. The van der Waals surface area contributed by atoms with Gasteiger partial charge >= 0.3 is 0 Å². The molecule has 100 valence electrons. The van der Waals surface area contributed by atoms with Crippen molar-refractivity contribution in [3.8, 4) is 0 Å². The first-order valence-corrected chi connectivity index (χ1v) is 6.63. The van der Waals surface area contributed by atoms with Crippen LogP contribution in [0.2, 0.25) is 0 Å². The van der Waals surface area contributed by atoms with E-state index in [1.165, 1.54) is 17.7 Å². The van der Waals surface area contributed by atoms with Crippen molar-refractivity contribution in [3.63, 3.8) is 0 Å². The molecular weight excluding hydrogens is 226 g/mol. The highest BCUT2D eigenvalue weighted by Gasteiger charge is 2.16. The molecule has 18 heavy (non-hydrogen) atoms. The molecule has 4 heteroatoms. The molecule has 3 N–H and O–H groups in total. The molecule has 0 radical (unpaired) electrons. The molecule has 0 saturated carbocycles. The number of nitrogen functional groups attached to an aromatic ring is 1. The fraction of sp³-hybridized carbons (Fsp3) is 0.571. The summed E-state index contributed by atoms with van der Waals surface area (Å²) in [5.41, 5.74) is 9.38. The van der Waals surface area contributed by atoms with Crippen LogP contribution in [0.1, 0.15) is 12.0 Å². The van der Waals surface area contributed by atoms with Gasteiger partial charge < -0.3 is 20.6 Å². The molecular formula is C14H23N3O. The summed E-state index contributed by atoms with van der Waals surface area (Å²) in [6, 6.07) is 6.21. The Morgan fingerprint density at radius 2 is 2.22 bits per heavy atom. The molecule has 2 rings (SSSR count). The highest BCUT2D eigenvalue weighted by Crippen LogP contribution is 2.28. The zero-order chi connectivity index (χ0) is 13.0. The summed E-state index contributed by atoms with van der Waals surface area (Å²) < 4.78 is 0. The summed E-state index contributed by atoms with van der Waals surface area (Å²) >= 11 is 0. The summed E-state index contributed by atoms with van der Waals surface area (Å²) in [6.45, 7) is 4.06. The first-order valence-electron chi connectivity index (χ1n) is 6.63. The molecule has 0 aromatic heterocycles. The molecule has 0 spiro atoms. The van der Waals surface area contributed by atoms with Crippen LogP contribution < -0.4 is 10.6 Å². The molecule has 1 aromatic rings. The van der Waals surface area contributed by atoms with E-state index in [4.69, 9.17) is 10.8 Å². The number of fused-ring (bicyclic) bond motifs is 1. The number of hydrogen-bond donors (Lipinski definition) is 2. The zero-order valence-corrected chi connectivity index (χ0v) is 11.1. The molecule has 0 atom stereocenters. The van der Waals surface area contributed by atoms with Crippen molar-refractivity contribution >= 4 is 11.4 Å². The van der Waals surface area contributed by atoms with Crippen molar-refractivity contribution in [2.45, 2.75) is 12.8 Å². The predicted molar refractivity (Wildman–Crippen MR) is 76.0 cm³/mol. The van der Waals surface area contributed by atoms with Gasteiger partial charge in [-0.15, -0.1) is 0 Å². The summed E-state index contributed by atoms with van der Waals surface area (Å²) in [5.74, 6) is 0. The summed E-state index contributed by atoms with van der Waals surface area (Å²) in [7, 11) is 2.05. The smallest absolute Gasteiger partial charge is 0.0558 e. The summed E-state index contributed by atoms with van der Waals surface area (Å²) in [4.78, 5) is 4.58. The van der Waals surface area contributed by atoms with Crippen LogP contribution in [0.4, 0.5) is 11.4 Å². The Kier molecular flexibility index (Phi) is 4.44. The van der Waals surface area contributed by atoms with Crippen LogP contribution >= 0.6 is 0 Å². The van der Waals surface area contributed by atoms with Crippen molar-refractivity contribution < 1.29 is 5.11 Å². The van der Waals surface area contributed by atoms with Gasteiger partial charge in [-0.3, -0.25) is 0 Å². The Morgan fingerprint density at radius 1 is 1.39 bits per heavy atom. The number of benzene rings is 1. The van der Waals surface area contributed by atoms with E-state index in [0.717, 1.165) is 38.3 Å². The Bertz CT molecular complexity index is 395. The van der Waals surface area contributed by atoms with E-state index in [1.54, 1.807) is 0 Å². The number of nitrogens with two attached hydrogens (primary N) is 1. The summed E-state index contributed by atoms with van der Waals surface area (Å²) in [6.07, 6.45) is 2.32. The van der Waals surface area contributed by atoms with Gasteiger partial charge in [0.05, 0.1) is 6.61 Å². The van der Waals surface area contributed by atoms with Crippen LogP contribution in [0.3, 0.4) is 0 Å². The number of hydrogen-bond acceptors (Lipinski definition) is 4. The number of aryl methyl sites for hydroxylation is 1. The van der Waals surface area contributed by atoms with Gasteiger partial charge in [0.1, 0.15) is 0 Å². The fourth-order valence-electron chi connectivity index (χ4n) is 2.50. The van der Waals surface area contributed by atoms with Gasteiger partial charge in [-0.05, 0) is 43.7 Å². The fourth-order valence-corrected chi connectivity index (χ4v) is 2.50. The van der Waals surface area contributed by atoms with Gasteiger partial charge in [-0.25, -0.2) is 0 Å². The SMILES string of the molecule is CN(CCO)CCN1CCCc2cc(N)ccc21. The molecule has 0 bridgehead atoms. The van der Waals surface area contributed by atoms with Crippen molar-refractivity contribution in [3.05, 3.63) is 23.8 Å². The monoisotopic (exact) mass is 249 g/mol. The minimum atomic E-state index is 0.226. The van der Waals surface area contributed by atoms with Crippen LogP contribution in [0.15, 0.2) is 18.2 Å². The molecule has 1 heterocycles. The molecule has 0 amide bonds. The average molecular weight is 249 g/mol. The Labute approximate surface area is 109 Å². The zero-order valence-electron chi connectivity index (χ0n) is 11.1. The van der Waals surface area contributed by atoms with Crippen LogP contribution in [-0.4, -0.2) is 49.8 Å². The molecule has 1 aromatic carbocycles. The predicted octanol–water partition coefficient (Wildman–Crippen LogP) is 0.946. The van der Waals surface area contributed by atoms with Gasteiger partial charge in [0, 0.05) is 37.6 Å². The van der Waals surface area contributed by atoms with Gasteiger partial charge in [0.2, 0.25) is 0 Å². The maximum Gasteiger partial charge on any atom is 0.0558 e. The third kappa shape index (κ3) is 3.15. The number of rotatable bonds is 5. The number of nitrogens with zero attached hydrogens (tertiary/aromatic N) is 2. The second kappa shape index (κ2) is 6.07. The maximum atomic E-state index is 8.89. The van der Waals surface area contributed by atoms with Gasteiger partial charge in [-0.1, -0.05) is 0 Å². The van der Waals surface area contributed by atoms with Crippen molar-refractivity contribution in [2.75, 3.05) is 50.5 Å². The van der Waals surface area contributed by atoms with Gasteiger partial charge in [-0.2, -0.15) is 0 Å². The number of likely N-dealkylation sites (N-methyl/N-ethyl adjacent to an activating group) is 1. The third-order valence-electron chi connectivity index (χ3n) is 3.55. The topological polar surface area (TPSA) is 52.7 Å². The van der Waals surface area contributed by atoms with Crippen LogP contribution in [0.5, 0.6) is 0 Å². The standard InChI is InChI=1S/C14H23N3O/c1-16(9-10-18)7-8-17-6-2-3-12-11-13(15)4-5-14(12)17/h4-5,11,18H,2-3,6-10,15H2,1H3. The Balaban J connectivity index is 1.99. The van der Waals surface area contributed by atoms with E-state index in [1.807, 2.05) is 13.1 Å². The lowest BCUT2D eigenvalue weighted by atomic mass is 10.0. The average Bonchev–Trinajstić information content (AvgIpc) is 2.36. The maximum absolute atomic E-state index is 8.89. The number of anilines is 2. The van der Waals surface area contributed by atoms with Crippen LogP contribution in [-0.2, 0) is 6.42 Å². The molecule has 0 unspecified atom stereocenters. The first kappa shape index (κ1) is 13.2. The first-order chi connectivity index (χ1) is 8.70. The summed E-state index contributed by atoms with van der Waals surface area (Å²) in [5, 5.41) is 8.89. The molecule has 0 aliphatic carbocycles. The van der Waals surface area contributed by atoms with Crippen molar-refractivity contribution in [2.24, 2.45) is 0 Å². The van der Waals surface area contributed by atoms with E-state index in [-0.39, 0.29) is 6.61 Å². The van der Waals surface area contributed by atoms with Crippen molar-refractivity contribution in [1.82, 2.24) is 4.90 Å². The molecule has 4 nitrogen and oxygen atoms in total. The second-order valence-electron chi connectivity index (χ2n) is 5.01. The minimum Gasteiger partial charge on any atom is -0.399 e. The Morgan fingerprint density at radius 3 is 3.00 bits per heavy atom. The number of aliphatic hydroxyl groups is 1. The van der Waals surface area contributed by atoms with E-state index in [0.29, 0.717) is 0 Å². The second-order valence-corrected chi connectivity index (χ2v) is 5.01.